The molecule has 2 aliphatic rings. The van der Waals surface area contributed by atoms with Gasteiger partial charge in [0.05, 0.1) is 0 Å². The van der Waals surface area contributed by atoms with Crippen LogP contribution < -0.4 is 5.32 Å². The highest BCUT2D eigenvalue weighted by atomic mass is 16.3. The van der Waals surface area contributed by atoms with Gasteiger partial charge in [0.2, 0.25) is 0 Å². The highest BCUT2D eigenvalue weighted by molar-refractivity contribution is 5.94. The lowest BCUT2D eigenvalue weighted by atomic mass is 10.1. The van der Waals surface area contributed by atoms with Crippen LogP contribution in [-0.4, -0.2) is 41.0 Å². The Kier molecular flexibility index (Phi) is 2.63. The molecule has 1 amide bonds. The Hall–Kier alpha value is -1.36. The number of oxazole rings is 1. The number of hydrogen-bond donors (Lipinski definition) is 1. The zero-order valence-electron chi connectivity index (χ0n) is 9.98. The molecule has 0 spiro atoms. The number of aryl methyl sites for hydroxylation is 1. The van der Waals surface area contributed by atoms with Gasteiger partial charge >= 0.3 is 0 Å². The second-order valence-electron chi connectivity index (χ2n) is 4.73. The summed E-state index contributed by atoms with van der Waals surface area (Å²) in [7, 11) is 0. The van der Waals surface area contributed by atoms with Gasteiger partial charge in [0.25, 0.3) is 5.91 Å². The monoisotopic (exact) mass is 235 g/mol. The number of rotatable bonds is 2. The van der Waals surface area contributed by atoms with Crippen molar-refractivity contribution >= 4 is 5.91 Å². The van der Waals surface area contributed by atoms with Crippen LogP contribution in [0, 0.1) is 0 Å². The van der Waals surface area contributed by atoms with E-state index < -0.39 is 0 Å². The van der Waals surface area contributed by atoms with E-state index in [-0.39, 0.29) is 5.91 Å². The average Bonchev–Trinajstić information content (AvgIpc) is 2.91. The van der Waals surface area contributed by atoms with Crippen molar-refractivity contribution in [3.63, 3.8) is 0 Å². The Balaban J connectivity index is 1.87. The molecule has 2 unspecified atom stereocenters. The molecule has 1 N–H and O–H groups in total. The van der Waals surface area contributed by atoms with Gasteiger partial charge in [-0.1, -0.05) is 6.92 Å². The number of carbonyl (C=O) groups is 1. The first-order valence-corrected chi connectivity index (χ1v) is 6.27. The van der Waals surface area contributed by atoms with Crippen LogP contribution >= 0.6 is 0 Å². The summed E-state index contributed by atoms with van der Waals surface area (Å²) in [4.78, 5) is 18.6. The Morgan fingerprint density at radius 1 is 1.53 bits per heavy atom. The van der Waals surface area contributed by atoms with Crippen LogP contribution in [0.5, 0.6) is 0 Å². The summed E-state index contributed by atoms with van der Waals surface area (Å²) in [6, 6.07) is 0.672. The molecule has 2 saturated heterocycles. The minimum Gasteiger partial charge on any atom is -0.448 e. The quantitative estimate of drug-likeness (QED) is 0.824. The summed E-state index contributed by atoms with van der Waals surface area (Å²) < 4.78 is 5.24. The second-order valence-corrected chi connectivity index (χ2v) is 4.73. The first kappa shape index (κ1) is 10.8. The van der Waals surface area contributed by atoms with Crippen molar-refractivity contribution in [2.75, 3.05) is 13.1 Å². The maximum Gasteiger partial charge on any atom is 0.276 e. The summed E-state index contributed by atoms with van der Waals surface area (Å²) in [5.41, 5.74) is 0.506. The third kappa shape index (κ3) is 1.65. The summed E-state index contributed by atoms with van der Waals surface area (Å²) in [6.45, 7) is 3.78. The number of amides is 1. The molecule has 2 fully saturated rings. The van der Waals surface area contributed by atoms with E-state index in [4.69, 9.17) is 4.42 Å². The van der Waals surface area contributed by atoms with E-state index in [0.717, 1.165) is 25.9 Å². The molecule has 2 aliphatic heterocycles. The molecule has 2 bridgehead atoms. The lowest BCUT2D eigenvalue weighted by molar-refractivity contribution is 0.0612. The Morgan fingerprint density at radius 3 is 2.88 bits per heavy atom. The van der Waals surface area contributed by atoms with Gasteiger partial charge in [0.1, 0.15) is 5.76 Å². The van der Waals surface area contributed by atoms with E-state index in [1.54, 1.807) is 0 Å². The highest BCUT2D eigenvalue weighted by Crippen LogP contribution is 2.28. The lowest BCUT2D eigenvalue weighted by Crippen LogP contribution is -2.54. The maximum atomic E-state index is 12.5. The van der Waals surface area contributed by atoms with E-state index in [9.17, 15) is 4.79 Å². The molecule has 0 aliphatic carbocycles. The summed E-state index contributed by atoms with van der Waals surface area (Å²) in [5.74, 6) is 0.748. The third-order valence-corrected chi connectivity index (χ3v) is 3.78. The third-order valence-electron chi connectivity index (χ3n) is 3.78. The summed E-state index contributed by atoms with van der Waals surface area (Å²) in [6.07, 6.45) is 4.28. The minimum atomic E-state index is 0.0459. The highest BCUT2D eigenvalue weighted by Gasteiger charge is 2.41. The van der Waals surface area contributed by atoms with Crippen molar-refractivity contribution in [3.05, 3.63) is 17.8 Å². The van der Waals surface area contributed by atoms with Crippen LogP contribution in [0.4, 0.5) is 0 Å². The molecule has 1 aromatic rings. The number of nitrogens with one attached hydrogen (secondary N) is 1. The van der Waals surface area contributed by atoms with Crippen molar-refractivity contribution in [1.29, 1.82) is 0 Å². The Morgan fingerprint density at radius 2 is 2.24 bits per heavy atom. The molecule has 3 heterocycles. The minimum absolute atomic E-state index is 0.0459. The molecule has 17 heavy (non-hydrogen) atoms. The van der Waals surface area contributed by atoms with Crippen molar-refractivity contribution in [1.82, 2.24) is 15.2 Å². The van der Waals surface area contributed by atoms with Gasteiger partial charge < -0.3 is 14.6 Å². The SMILES string of the molecule is CCc1ocnc1C(=O)N1C2CCC1CNC2. The predicted octanol–water partition coefficient (Wildman–Crippen LogP) is 0.813. The number of carbonyl (C=O) groups excluding carboxylic acids is 1. The Bertz CT molecular complexity index is 413. The van der Waals surface area contributed by atoms with Crippen molar-refractivity contribution in [3.8, 4) is 0 Å². The molecule has 2 atom stereocenters. The maximum absolute atomic E-state index is 12.5. The number of hydrogen-bond acceptors (Lipinski definition) is 4. The van der Waals surface area contributed by atoms with Gasteiger partial charge in [-0.05, 0) is 12.8 Å². The van der Waals surface area contributed by atoms with Gasteiger partial charge in [-0.15, -0.1) is 0 Å². The fraction of sp³-hybridized carbons (Fsp3) is 0.667. The molecule has 3 rings (SSSR count). The topological polar surface area (TPSA) is 58.4 Å². The fourth-order valence-electron chi connectivity index (χ4n) is 2.93. The molecule has 0 aromatic carbocycles. The lowest BCUT2D eigenvalue weighted by Gasteiger charge is -2.34. The second kappa shape index (κ2) is 4.14. The zero-order chi connectivity index (χ0) is 11.8. The van der Waals surface area contributed by atoms with Crippen LogP contribution in [-0.2, 0) is 6.42 Å². The molecular weight excluding hydrogens is 218 g/mol. The van der Waals surface area contributed by atoms with Gasteiger partial charge in [0.15, 0.2) is 12.1 Å². The van der Waals surface area contributed by atoms with Gasteiger partial charge in [-0.25, -0.2) is 4.98 Å². The Labute approximate surface area is 100 Å². The summed E-state index contributed by atoms with van der Waals surface area (Å²) >= 11 is 0. The molecule has 5 nitrogen and oxygen atoms in total. The number of nitrogens with zero attached hydrogens (tertiary/aromatic N) is 2. The van der Waals surface area contributed by atoms with Crippen molar-refractivity contribution in [2.45, 2.75) is 38.3 Å². The number of piperazine rings is 1. The van der Waals surface area contributed by atoms with Gasteiger partial charge in [-0.2, -0.15) is 0 Å². The molecule has 0 radical (unpaired) electrons. The smallest absolute Gasteiger partial charge is 0.276 e. The van der Waals surface area contributed by atoms with E-state index >= 15 is 0 Å². The normalized spacial score (nSPS) is 27.5. The number of aromatic nitrogens is 1. The largest absolute Gasteiger partial charge is 0.448 e. The van der Waals surface area contributed by atoms with Crippen LogP contribution in [0.2, 0.25) is 0 Å². The predicted molar refractivity (Wildman–Crippen MR) is 61.7 cm³/mol. The molecule has 5 heteroatoms. The first-order chi connectivity index (χ1) is 8.31. The van der Waals surface area contributed by atoms with Crippen molar-refractivity contribution < 1.29 is 9.21 Å². The average molecular weight is 235 g/mol. The summed E-state index contributed by atoms with van der Waals surface area (Å²) in [5, 5.41) is 3.37. The first-order valence-electron chi connectivity index (χ1n) is 6.27. The molecule has 0 saturated carbocycles. The van der Waals surface area contributed by atoms with Gasteiger partial charge in [0, 0.05) is 31.6 Å². The van der Waals surface area contributed by atoms with E-state index in [1.807, 2.05) is 11.8 Å². The van der Waals surface area contributed by atoms with Crippen LogP contribution in [0.3, 0.4) is 0 Å². The van der Waals surface area contributed by atoms with E-state index in [1.165, 1.54) is 6.39 Å². The van der Waals surface area contributed by atoms with Crippen LogP contribution in [0.15, 0.2) is 10.8 Å². The van der Waals surface area contributed by atoms with Crippen LogP contribution in [0.25, 0.3) is 0 Å². The van der Waals surface area contributed by atoms with Crippen LogP contribution in [0.1, 0.15) is 36.0 Å². The standard InChI is InChI=1S/C12H17N3O2/c1-2-10-11(14-7-17-10)12(16)15-8-3-4-9(15)6-13-5-8/h7-9,13H,2-6H2,1H3. The molecular formula is C12H17N3O2. The van der Waals surface area contributed by atoms with Crippen molar-refractivity contribution in [2.24, 2.45) is 0 Å². The van der Waals surface area contributed by atoms with Gasteiger partial charge in [-0.3, -0.25) is 4.79 Å². The molecule has 1 aromatic heterocycles. The van der Waals surface area contributed by atoms with E-state index in [2.05, 4.69) is 10.3 Å². The number of fused-ring (bicyclic) bond motifs is 2. The zero-order valence-corrected chi connectivity index (χ0v) is 9.98. The fourth-order valence-corrected chi connectivity index (χ4v) is 2.93. The van der Waals surface area contributed by atoms with E-state index in [0.29, 0.717) is 30.0 Å². The molecule has 92 valence electrons.